The van der Waals surface area contributed by atoms with Crippen molar-refractivity contribution in [2.75, 3.05) is 5.32 Å². The minimum absolute atomic E-state index is 0.0750. The largest absolute Gasteiger partial charge is 0.392 e. The summed E-state index contributed by atoms with van der Waals surface area (Å²) in [5.41, 5.74) is 2.87. The Bertz CT molecular complexity index is 714. The van der Waals surface area contributed by atoms with Crippen LogP contribution in [0.15, 0.2) is 32.8 Å². The minimum atomic E-state index is -0.502. The van der Waals surface area contributed by atoms with Crippen LogP contribution in [-0.4, -0.2) is 22.1 Å². The van der Waals surface area contributed by atoms with Crippen LogP contribution in [0.25, 0.3) is 0 Å². The second-order valence-electron chi connectivity index (χ2n) is 5.93. The van der Waals surface area contributed by atoms with Crippen molar-refractivity contribution < 1.29 is 9.90 Å². The third-order valence-electron chi connectivity index (χ3n) is 4.08. The molecule has 1 aliphatic rings. The number of nitrogens with one attached hydrogen (secondary N) is 1. The van der Waals surface area contributed by atoms with Crippen molar-refractivity contribution in [3.05, 3.63) is 34.8 Å². The van der Waals surface area contributed by atoms with E-state index in [0.29, 0.717) is 0 Å². The van der Waals surface area contributed by atoms with Gasteiger partial charge in [0.1, 0.15) is 0 Å². The lowest BCUT2D eigenvalue weighted by molar-refractivity contribution is -0.122. The Kier molecular flexibility index (Phi) is 5.04. The van der Waals surface area contributed by atoms with Gasteiger partial charge in [0.25, 0.3) is 0 Å². The van der Waals surface area contributed by atoms with Gasteiger partial charge < -0.3 is 10.4 Å². The van der Waals surface area contributed by atoms with Crippen molar-refractivity contribution in [3.63, 3.8) is 0 Å². The summed E-state index contributed by atoms with van der Waals surface area (Å²) in [6, 6.07) is 5.98. The first-order valence-electron chi connectivity index (χ1n) is 7.72. The molecular formula is C17H20N2O2S2. The molecule has 2 aromatic rings. The van der Waals surface area contributed by atoms with Crippen LogP contribution in [0.4, 0.5) is 5.69 Å². The van der Waals surface area contributed by atoms with Gasteiger partial charge in [-0.3, -0.25) is 4.79 Å². The number of aliphatic hydroxyl groups excluding tert-OH is 1. The number of carbonyl (C=O) groups excluding carboxylic acids is 1. The molecule has 2 N–H and O–H groups in total. The molecule has 2 unspecified atom stereocenters. The van der Waals surface area contributed by atoms with Crippen molar-refractivity contribution in [2.45, 2.75) is 48.4 Å². The number of aryl methyl sites for hydroxylation is 2. The maximum Gasteiger partial charge on any atom is 0.230 e. The van der Waals surface area contributed by atoms with E-state index in [1.807, 2.05) is 31.4 Å². The molecule has 122 valence electrons. The number of nitrogens with zero attached hydrogens (tertiary/aromatic N) is 1. The molecule has 0 bridgehead atoms. The van der Waals surface area contributed by atoms with Gasteiger partial charge in [-0.2, -0.15) is 0 Å². The highest BCUT2D eigenvalue weighted by Crippen LogP contribution is 2.33. The maximum absolute atomic E-state index is 12.3. The van der Waals surface area contributed by atoms with Crippen molar-refractivity contribution in [2.24, 2.45) is 5.92 Å². The van der Waals surface area contributed by atoms with Crippen LogP contribution < -0.4 is 5.32 Å². The van der Waals surface area contributed by atoms with Gasteiger partial charge in [0.15, 0.2) is 4.34 Å². The number of rotatable bonds is 4. The molecule has 2 atom stereocenters. The number of aliphatic hydroxyl groups is 1. The van der Waals surface area contributed by atoms with E-state index in [0.717, 1.165) is 45.4 Å². The number of amides is 1. The molecule has 0 radical (unpaired) electrons. The summed E-state index contributed by atoms with van der Waals surface area (Å²) in [5.74, 6) is -0.351. The topological polar surface area (TPSA) is 62.2 Å². The molecule has 23 heavy (non-hydrogen) atoms. The Morgan fingerprint density at radius 3 is 2.83 bits per heavy atom. The van der Waals surface area contributed by atoms with Crippen LogP contribution in [0.5, 0.6) is 0 Å². The van der Waals surface area contributed by atoms with E-state index in [2.05, 4.69) is 16.4 Å². The lowest BCUT2D eigenvalue weighted by Crippen LogP contribution is -2.28. The van der Waals surface area contributed by atoms with Crippen LogP contribution in [0.3, 0.4) is 0 Å². The lowest BCUT2D eigenvalue weighted by atomic mass is 10.0. The molecule has 4 nitrogen and oxygen atoms in total. The lowest BCUT2D eigenvalue weighted by Gasteiger charge is -2.16. The zero-order valence-electron chi connectivity index (χ0n) is 13.2. The molecule has 3 rings (SSSR count). The Balaban J connectivity index is 1.68. The SMILES string of the molecule is Cc1csc(Sc2ccc(NC(=O)C3CCCC3O)c(C)c2)n1. The second-order valence-corrected chi connectivity index (χ2v) is 8.11. The summed E-state index contributed by atoms with van der Waals surface area (Å²) in [4.78, 5) is 17.8. The molecule has 1 aromatic heterocycles. The van der Waals surface area contributed by atoms with Gasteiger partial charge in [-0.15, -0.1) is 11.3 Å². The molecule has 1 heterocycles. The summed E-state index contributed by atoms with van der Waals surface area (Å²) in [6.07, 6.45) is 1.91. The minimum Gasteiger partial charge on any atom is -0.392 e. The number of benzene rings is 1. The molecule has 0 aliphatic heterocycles. The average molecular weight is 348 g/mol. The standard InChI is InChI=1S/C17H20N2O2S2/c1-10-8-12(23-17-18-11(2)9-22-17)6-7-14(10)19-16(21)13-4-3-5-15(13)20/h6-9,13,15,20H,3-5H2,1-2H3,(H,19,21). The van der Waals surface area contributed by atoms with E-state index in [1.165, 1.54) is 0 Å². The molecule has 1 amide bonds. The average Bonchev–Trinajstić information content (AvgIpc) is 3.10. The van der Waals surface area contributed by atoms with Crippen molar-refractivity contribution in [1.82, 2.24) is 4.98 Å². The summed E-state index contributed by atoms with van der Waals surface area (Å²) in [5, 5.41) is 14.8. The van der Waals surface area contributed by atoms with Gasteiger partial charge in [0.2, 0.25) is 5.91 Å². The van der Waals surface area contributed by atoms with Crippen molar-refractivity contribution in [3.8, 4) is 0 Å². The Hall–Kier alpha value is -1.37. The monoisotopic (exact) mass is 348 g/mol. The van der Waals surface area contributed by atoms with Gasteiger partial charge in [0, 0.05) is 21.7 Å². The highest BCUT2D eigenvalue weighted by Gasteiger charge is 2.31. The Labute approximate surface area is 144 Å². The first-order chi connectivity index (χ1) is 11.0. The first kappa shape index (κ1) is 16.5. The fourth-order valence-corrected chi connectivity index (χ4v) is 4.70. The molecule has 0 saturated heterocycles. The second kappa shape index (κ2) is 7.03. The van der Waals surface area contributed by atoms with Crippen LogP contribution in [0.1, 0.15) is 30.5 Å². The van der Waals surface area contributed by atoms with E-state index in [-0.39, 0.29) is 11.8 Å². The van der Waals surface area contributed by atoms with Crippen molar-refractivity contribution >= 4 is 34.7 Å². The first-order valence-corrected chi connectivity index (χ1v) is 9.42. The molecule has 1 aliphatic carbocycles. The Morgan fingerprint density at radius 2 is 2.22 bits per heavy atom. The smallest absolute Gasteiger partial charge is 0.230 e. The zero-order valence-corrected chi connectivity index (χ0v) is 14.8. The highest BCUT2D eigenvalue weighted by atomic mass is 32.2. The van der Waals surface area contributed by atoms with Crippen LogP contribution >= 0.6 is 23.1 Å². The number of hydrogen-bond acceptors (Lipinski definition) is 5. The third kappa shape index (κ3) is 3.94. The van der Waals surface area contributed by atoms with Crippen molar-refractivity contribution in [1.29, 1.82) is 0 Å². The fraction of sp³-hybridized carbons (Fsp3) is 0.412. The van der Waals surface area contributed by atoms with E-state index in [1.54, 1.807) is 23.1 Å². The summed E-state index contributed by atoms with van der Waals surface area (Å²) in [7, 11) is 0. The van der Waals surface area contributed by atoms with Gasteiger partial charge in [-0.25, -0.2) is 4.98 Å². The summed E-state index contributed by atoms with van der Waals surface area (Å²) < 4.78 is 1.02. The third-order valence-corrected chi connectivity index (χ3v) is 6.12. The number of aromatic nitrogens is 1. The zero-order chi connectivity index (χ0) is 16.4. The summed E-state index contributed by atoms with van der Waals surface area (Å²) in [6.45, 7) is 3.97. The van der Waals surface area contributed by atoms with Crippen LogP contribution in [0, 0.1) is 19.8 Å². The fourth-order valence-electron chi connectivity index (χ4n) is 2.79. The quantitative estimate of drug-likeness (QED) is 0.876. The molecule has 1 aromatic carbocycles. The summed E-state index contributed by atoms with van der Waals surface area (Å²) >= 11 is 3.27. The Morgan fingerprint density at radius 1 is 1.39 bits per heavy atom. The van der Waals surface area contributed by atoms with Crippen LogP contribution in [0.2, 0.25) is 0 Å². The highest BCUT2D eigenvalue weighted by molar-refractivity contribution is 8.01. The van der Waals surface area contributed by atoms with Crippen LogP contribution in [-0.2, 0) is 4.79 Å². The maximum atomic E-state index is 12.3. The van der Waals surface area contributed by atoms with E-state index in [4.69, 9.17) is 0 Å². The van der Waals surface area contributed by atoms with E-state index >= 15 is 0 Å². The molecular weight excluding hydrogens is 328 g/mol. The van der Waals surface area contributed by atoms with E-state index < -0.39 is 6.10 Å². The number of carbonyl (C=O) groups is 1. The predicted octanol–water partition coefficient (Wildman–Crippen LogP) is 4.01. The molecule has 6 heteroatoms. The van der Waals surface area contributed by atoms with Gasteiger partial charge in [0.05, 0.1) is 12.0 Å². The molecule has 0 spiro atoms. The van der Waals surface area contributed by atoms with E-state index in [9.17, 15) is 9.90 Å². The number of anilines is 1. The molecule has 1 saturated carbocycles. The molecule has 1 fully saturated rings. The predicted molar refractivity (Wildman–Crippen MR) is 94.1 cm³/mol. The van der Waals surface area contributed by atoms with Gasteiger partial charge in [-0.05, 0) is 56.9 Å². The van der Waals surface area contributed by atoms with Gasteiger partial charge >= 0.3 is 0 Å². The van der Waals surface area contributed by atoms with Gasteiger partial charge in [-0.1, -0.05) is 11.8 Å². The normalized spacial score (nSPS) is 20.7. The number of hydrogen-bond donors (Lipinski definition) is 2. The number of thiazole rings is 1.